The molecule has 1 N–H and O–H groups in total. The van der Waals surface area contributed by atoms with Gasteiger partial charge in [0.15, 0.2) is 5.52 Å². The van der Waals surface area contributed by atoms with Crippen molar-refractivity contribution in [2.75, 3.05) is 27.4 Å². The standard InChI is InChI=1S/C20H22N2O5/c1-12-7-14(8-13(2)19(12)23)20-21-17-9-15(26-4)10-18(27-6-5-25-3)16(17)11-22(20)24/h7-11,23H,5-6H2,1-4H3. The second-order valence-corrected chi connectivity index (χ2v) is 6.25. The Balaban J connectivity index is 2.15. The molecule has 2 aromatic carbocycles. The third-order valence-corrected chi connectivity index (χ3v) is 4.31. The van der Waals surface area contributed by atoms with Crippen molar-refractivity contribution in [3.05, 3.63) is 46.8 Å². The van der Waals surface area contributed by atoms with Gasteiger partial charge >= 0.3 is 5.82 Å². The van der Waals surface area contributed by atoms with E-state index in [2.05, 4.69) is 4.98 Å². The molecule has 0 unspecified atom stereocenters. The summed E-state index contributed by atoms with van der Waals surface area (Å²) in [5, 5.41) is 23.2. The Labute approximate surface area is 157 Å². The monoisotopic (exact) mass is 370 g/mol. The zero-order chi connectivity index (χ0) is 19.6. The molecular weight excluding hydrogens is 348 g/mol. The van der Waals surface area contributed by atoms with Gasteiger partial charge in [-0.25, -0.2) is 4.73 Å². The smallest absolute Gasteiger partial charge is 0.333 e. The van der Waals surface area contributed by atoms with Crippen LogP contribution in [0.5, 0.6) is 17.2 Å². The summed E-state index contributed by atoms with van der Waals surface area (Å²) in [7, 11) is 3.15. The van der Waals surface area contributed by atoms with Crippen molar-refractivity contribution in [1.29, 1.82) is 0 Å². The normalized spacial score (nSPS) is 11.0. The van der Waals surface area contributed by atoms with Gasteiger partial charge in [0.1, 0.15) is 35.4 Å². The lowest BCUT2D eigenvalue weighted by molar-refractivity contribution is -0.595. The summed E-state index contributed by atoms with van der Waals surface area (Å²) in [5.41, 5.74) is 2.57. The molecular formula is C20H22N2O5. The lowest BCUT2D eigenvalue weighted by Gasteiger charge is -2.13. The highest BCUT2D eigenvalue weighted by Gasteiger charge is 2.19. The lowest BCUT2D eigenvalue weighted by atomic mass is 10.0. The molecule has 0 aliphatic rings. The first-order valence-electron chi connectivity index (χ1n) is 8.49. The van der Waals surface area contributed by atoms with Crippen LogP contribution in [0.25, 0.3) is 22.3 Å². The van der Waals surface area contributed by atoms with Crippen molar-refractivity contribution in [2.24, 2.45) is 0 Å². The molecule has 0 radical (unpaired) electrons. The Hall–Kier alpha value is -3.06. The van der Waals surface area contributed by atoms with Crippen molar-refractivity contribution in [3.8, 4) is 28.6 Å². The minimum atomic E-state index is 0.215. The predicted molar refractivity (Wildman–Crippen MR) is 101 cm³/mol. The van der Waals surface area contributed by atoms with Crippen LogP contribution in [0.1, 0.15) is 11.1 Å². The van der Waals surface area contributed by atoms with Crippen LogP contribution in [0.3, 0.4) is 0 Å². The highest BCUT2D eigenvalue weighted by Crippen LogP contribution is 2.32. The van der Waals surface area contributed by atoms with Crippen LogP contribution in [0.15, 0.2) is 30.5 Å². The molecule has 1 heterocycles. The van der Waals surface area contributed by atoms with Crippen LogP contribution in [0.2, 0.25) is 0 Å². The summed E-state index contributed by atoms with van der Waals surface area (Å²) in [5.74, 6) is 1.54. The van der Waals surface area contributed by atoms with E-state index in [1.807, 2.05) is 0 Å². The highest BCUT2D eigenvalue weighted by molar-refractivity contribution is 5.86. The largest absolute Gasteiger partial charge is 0.710 e. The van der Waals surface area contributed by atoms with Crippen molar-refractivity contribution in [3.63, 3.8) is 0 Å². The van der Waals surface area contributed by atoms with E-state index in [1.165, 1.54) is 6.20 Å². The molecule has 3 aromatic rings. The van der Waals surface area contributed by atoms with Gasteiger partial charge in [-0.15, -0.1) is 0 Å². The number of aryl methyl sites for hydroxylation is 2. The highest BCUT2D eigenvalue weighted by atomic mass is 16.5. The molecule has 27 heavy (non-hydrogen) atoms. The van der Waals surface area contributed by atoms with Crippen LogP contribution in [0, 0.1) is 19.1 Å². The van der Waals surface area contributed by atoms with Gasteiger partial charge in [-0.2, -0.15) is 0 Å². The molecule has 1 aromatic heterocycles. The number of benzene rings is 2. The molecule has 142 valence electrons. The van der Waals surface area contributed by atoms with Gasteiger partial charge in [-0.3, -0.25) is 0 Å². The van der Waals surface area contributed by atoms with Crippen LogP contribution in [-0.2, 0) is 4.74 Å². The molecule has 0 bridgehead atoms. The number of ether oxygens (including phenoxy) is 3. The lowest BCUT2D eigenvalue weighted by Crippen LogP contribution is -2.30. The number of rotatable bonds is 6. The van der Waals surface area contributed by atoms with Gasteiger partial charge in [-0.05, 0) is 42.1 Å². The molecule has 0 saturated heterocycles. The minimum absolute atomic E-state index is 0.215. The molecule has 0 amide bonds. The van der Waals surface area contributed by atoms with Gasteiger partial charge in [-0.1, -0.05) is 0 Å². The van der Waals surface area contributed by atoms with E-state index < -0.39 is 0 Å². The average molecular weight is 370 g/mol. The molecule has 7 nitrogen and oxygen atoms in total. The molecule has 0 fully saturated rings. The molecule has 7 heteroatoms. The molecule has 0 aliphatic carbocycles. The number of phenolic OH excluding ortho intramolecular Hbond substituents is 1. The van der Waals surface area contributed by atoms with Gasteiger partial charge in [0.25, 0.3) is 0 Å². The Morgan fingerprint density at radius 2 is 1.78 bits per heavy atom. The molecule has 0 atom stereocenters. The third-order valence-electron chi connectivity index (χ3n) is 4.31. The average Bonchev–Trinajstić information content (AvgIpc) is 2.65. The summed E-state index contributed by atoms with van der Waals surface area (Å²) in [6.45, 7) is 4.34. The number of aromatic nitrogens is 2. The van der Waals surface area contributed by atoms with Gasteiger partial charge in [0, 0.05) is 19.2 Å². The summed E-state index contributed by atoms with van der Waals surface area (Å²) in [6, 6.07) is 6.94. The van der Waals surface area contributed by atoms with E-state index in [0.29, 0.717) is 57.0 Å². The maximum absolute atomic E-state index is 12.7. The van der Waals surface area contributed by atoms with Crippen LogP contribution < -0.4 is 14.2 Å². The summed E-state index contributed by atoms with van der Waals surface area (Å²) < 4.78 is 16.8. The molecule has 0 spiro atoms. The quantitative estimate of drug-likeness (QED) is 0.408. The maximum atomic E-state index is 12.7. The Morgan fingerprint density at radius 3 is 2.41 bits per heavy atom. The van der Waals surface area contributed by atoms with E-state index in [1.54, 1.807) is 52.3 Å². The molecule has 3 rings (SSSR count). The van der Waals surface area contributed by atoms with Gasteiger partial charge in [0.2, 0.25) is 0 Å². The number of aromatic hydroxyl groups is 1. The van der Waals surface area contributed by atoms with Crippen LogP contribution >= 0.6 is 0 Å². The fourth-order valence-electron chi connectivity index (χ4n) is 2.90. The third kappa shape index (κ3) is 3.73. The molecule has 0 saturated carbocycles. The van der Waals surface area contributed by atoms with Crippen molar-refractivity contribution < 1.29 is 24.0 Å². The van der Waals surface area contributed by atoms with Crippen molar-refractivity contribution in [2.45, 2.75) is 13.8 Å². The number of nitrogens with zero attached hydrogens (tertiary/aromatic N) is 2. The predicted octanol–water partition coefficient (Wildman–Crippen LogP) is 2.89. The second-order valence-electron chi connectivity index (χ2n) is 6.25. The summed E-state index contributed by atoms with van der Waals surface area (Å²) >= 11 is 0. The Morgan fingerprint density at radius 1 is 1.07 bits per heavy atom. The first-order chi connectivity index (χ1) is 12.9. The first-order valence-corrected chi connectivity index (χ1v) is 8.49. The van der Waals surface area contributed by atoms with Crippen molar-refractivity contribution >= 4 is 10.9 Å². The van der Waals surface area contributed by atoms with E-state index in [4.69, 9.17) is 14.2 Å². The van der Waals surface area contributed by atoms with Crippen molar-refractivity contribution in [1.82, 2.24) is 4.98 Å². The van der Waals surface area contributed by atoms with E-state index in [0.717, 1.165) is 0 Å². The molecule has 0 aliphatic heterocycles. The number of hydrogen-bond donors (Lipinski definition) is 1. The SMILES string of the molecule is COCCOc1cc(OC)cc2nc(-c3cc(C)c(O)c(C)c3)[n+]([O-])cc12. The fourth-order valence-corrected chi connectivity index (χ4v) is 2.90. The Bertz CT molecular complexity index is 965. The second kappa shape index (κ2) is 7.67. The minimum Gasteiger partial charge on any atom is -0.710 e. The van der Waals surface area contributed by atoms with Crippen LogP contribution in [-0.4, -0.2) is 37.5 Å². The number of hydrogen-bond acceptors (Lipinski definition) is 6. The van der Waals surface area contributed by atoms with E-state index >= 15 is 0 Å². The Kier molecular flexibility index (Phi) is 5.32. The van der Waals surface area contributed by atoms with E-state index in [9.17, 15) is 10.3 Å². The number of methoxy groups -OCH3 is 2. The summed E-state index contributed by atoms with van der Waals surface area (Å²) in [6.07, 6.45) is 1.44. The first kappa shape index (κ1) is 18.7. The van der Waals surface area contributed by atoms with Gasteiger partial charge < -0.3 is 24.5 Å². The van der Waals surface area contributed by atoms with Crippen LogP contribution in [0.4, 0.5) is 0 Å². The topological polar surface area (TPSA) is 87.8 Å². The zero-order valence-electron chi connectivity index (χ0n) is 15.8. The zero-order valence-corrected chi connectivity index (χ0v) is 15.8. The fraction of sp³-hybridized carbons (Fsp3) is 0.300. The van der Waals surface area contributed by atoms with Gasteiger partial charge in [0.05, 0.1) is 19.3 Å². The summed E-state index contributed by atoms with van der Waals surface area (Å²) in [4.78, 5) is 4.53. The van der Waals surface area contributed by atoms with E-state index in [-0.39, 0.29) is 11.6 Å². The number of phenols is 1. The maximum Gasteiger partial charge on any atom is 0.333 e. The number of fused-ring (bicyclic) bond motifs is 1.